The van der Waals surface area contributed by atoms with E-state index in [0.29, 0.717) is 52.1 Å². The molecule has 0 radical (unpaired) electrons. The zero-order chi connectivity index (χ0) is 27.2. The minimum absolute atomic E-state index is 0.0154. The van der Waals surface area contributed by atoms with Crippen molar-refractivity contribution in [3.63, 3.8) is 0 Å². The van der Waals surface area contributed by atoms with Gasteiger partial charge in [0.2, 0.25) is 20.0 Å². The Hall–Kier alpha value is -2.48. The van der Waals surface area contributed by atoms with Gasteiger partial charge in [-0.05, 0) is 76.4 Å². The van der Waals surface area contributed by atoms with Gasteiger partial charge in [-0.1, -0.05) is 0 Å². The lowest BCUT2D eigenvalue weighted by Gasteiger charge is -2.23. The van der Waals surface area contributed by atoms with Gasteiger partial charge in [0.05, 0.1) is 9.79 Å². The van der Waals surface area contributed by atoms with Crippen molar-refractivity contribution in [2.75, 3.05) is 66.5 Å². The van der Waals surface area contributed by atoms with Gasteiger partial charge >= 0.3 is 0 Å². The molecule has 10 nitrogen and oxygen atoms in total. The van der Waals surface area contributed by atoms with Crippen molar-refractivity contribution in [1.82, 2.24) is 18.4 Å². The fraction of sp³-hybridized carbons (Fsp3) is 0.462. The van der Waals surface area contributed by atoms with E-state index >= 15 is 0 Å². The topological polar surface area (TPSA) is 115 Å². The SMILES string of the molecule is CN1CCCN(S(=O)(=O)c2ccc3c(c2)C(=O)c2ccc(S(=O)(=O)N4CCCN(C)CC4)cc2C3=O)CC1. The second-order valence-corrected chi connectivity index (χ2v) is 14.1. The molecule has 0 unspecified atom stereocenters. The summed E-state index contributed by atoms with van der Waals surface area (Å²) in [6, 6.07) is 7.99. The van der Waals surface area contributed by atoms with Crippen LogP contribution in [0.4, 0.5) is 0 Å². The minimum atomic E-state index is -3.85. The minimum Gasteiger partial charge on any atom is -0.305 e. The molecule has 0 bridgehead atoms. The molecule has 12 heteroatoms. The van der Waals surface area contributed by atoms with Crippen LogP contribution in [0.5, 0.6) is 0 Å². The van der Waals surface area contributed by atoms with Gasteiger partial charge in [0.25, 0.3) is 0 Å². The Morgan fingerprint density at radius 2 is 0.921 bits per heavy atom. The van der Waals surface area contributed by atoms with E-state index in [1.807, 2.05) is 14.1 Å². The molecule has 0 aromatic heterocycles. The first kappa shape index (κ1) is 27.1. The smallest absolute Gasteiger partial charge is 0.243 e. The van der Waals surface area contributed by atoms with E-state index in [4.69, 9.17) is 0 Å². The molecule has 0 atom stereocenters. The summed E-state index contributed by atoms with van der Waals surface area (Å²) < 4.78 is 56.2. The molecule has 38 heavy (non-hydrogen) atoms. The number of carbonyl (C=O) groups excluding carboxylic acids is 2. The largest absolute Gasteiger partial charge is 0.305 e. The Kier molecular flexibility index (Phi) is 7.31. The number of hydrogen-bond acceptors (Lipinski definition) is 8. The molecule has 0 amide bonds. The molecule has 0 saturated carbocycles. The highest BCUT2D eigenvalue weighted by molar-refractivity contribution is 7.89. The van der Waals surface area contributed by atoms with Crippen LogP contribution in [0, 0.1) is 0 Å². The Labute approximate surface area is 223 Å². The molecule has 0 N–H and O–H groups in total. The average molecular weight is 561 g/mol. The summed E-state index contributed by atoms with van der Waals surface area (Å²) in [6.45, 7) is 4.25. The Balaban J connectivity index is 1.47. The third-order valence-electron chi connectivity index (χ3n) is 7.59. The van der Waals surface area contributed by atoms with E-state index in [1.54, 1.807) is 0 Å². The standard InChI is InChI=1S/C26H32N4O6S2/c1-27-9-3-11-29(15-13-27)37(33,34)19-5-7-21-23(17-19)25(31)22-8-6-20(18-24(22)26(21)32)38(35,36)30-12-4-10-28(2)14-16-30/h5-8,17-18H,3-4,9-16H2,1-2H3. The first-order chi connectivity index (χ1) is 18.0. The summed E-state index contributed by atoms with van der Waals surface area (Å²) in [7, 11) is -3.81. The number of sulfonamides is 2. The molecule has 0 spiro atoms. The molecule has 2 aliphatic heterocycles. The van der Waals surface area contributed by atoms with E-state index in [0.717, 1.165) is 13.1 Å². The van der Waals surface area contributed by atoms with Gasteiger partial charge in [0.15, 0.2) is 11.6 Å². The second-order valence-electron chi connectivity index (χ2n) is 10.2. The number of nitrogens with zero attached hydrogens (tertiary/aromatic N) is 4. The van der Waals surface area contributed by atoms with Crippen molar-refractivity contribution in [3.8, 4) is 0 Å². The second kappa shape index (κ2) is 10.2. The highest BCUT2D eigenvalue weighted by Crippen LogP contribution is 2.32. The molecule has 3 aliphatic rings. The summed E-state index contributed by atoms with van der Waals surface area (Å²) >= 11 is 0. The van der Waals surface area contributed by atoms with Crippen LogP contribution in [-0.2, 0) is 20.0 Å². The number of rotatable bonds is 4. The summed E-state index contributed by atoms with van der Waals surface area (Å²) in [6.07, 6.45) is 1.40. The molecule has 2 aromatic rings. The maximum Gasteiger partial charge on any atom is 0.243 e. The molecule has 2 aromatic carbocycles. The van der Waals surface area contributed by atoms with Crippen LogP contribution in [0.2, 0.25) is 0 Å². The number of hydrogen-bond donors (Lipinski definition) is 0. The average Bonchev–Trinajstić information content (AvgIpc) is 3.26. The zero-order valence-electron chi connectivity index (χ0n) is 21.6. The Bertz CT molecular complexity index is 1390. The van der Waals surface area contributed by atoms with Crippen molar-refractivity contribution in [2.24, 2.45) is 0 Å². The van der Waals surface area contributed by atoms with Crippen LogP contribution < -0.4 is 0 Å². The molecule has 2 heterocycles. The van der Waals surface area contributed by atoms with E-state index < -0.39 is 31.6 Å². The van der Waals surface area contributed by atoms with Crippen LogP contribution in [0.25, 0.3) is 0 Å². The zero-order valence-corrected chi connectivity index (χ0v) is 23.2. The molecule has 1 aliphatic carbocycles. The predicted octanol–water partition coefficient (Wildman–Crippen LogP) is 1.11. The van der Waals surface area contributed by atoms with Crippen LogP contribution in [-0.4, -0.2) is 113 Å². The van der Waals surface area contributed by atoms with Gasteiger partial charge in [0.1, 0.15) is 0 Å². The van der Waals surface area contributed by atoms with E-state index in [2.05, 4.69) is 9.80 Å². The first-order valence-corrected chi connectivity index (χ1v) is 15.6. The number of benzene rings is 2. The summed E-state index contributed by atoms with van der Waals surface area (Å²) in [5.74, 6) is -0.995. The normalized spacial score (nSPS) is 21.0. The van der Waals surface area contributed by atoms with Gasteiger partial charge in [-0.25, -0.2) is 16.8 Å². The fourth-order valence-corrected chi connectivity index (χ4v) is 8.25. The number of likely N-dealkylation sites (N-methyl/N-ethyl adjacent to an activating group) is 2. The number of carbonyl (C=O) groups is 2. The quantitative estimate of drug-likeness (QED) is 0.466. The third kappa shape index (κ3) is 4.85. The van der Waals surface area contributed by atoms with Crippen molar-refractivity contribution < 1.29 is 26.4 Å². The van der Waals surface area contributed by atoms with Crippen LogP contribution in [0.1, 0.15) is 44.7 Å². The van der Waals surface area contributed by atoms with Crippen molar-refractivity contribution in [1.29, 1.82) is 0 Å². The first-order valence-electron chi connectivity index (χ1n) is 12.7. The van der Waals surface area contributed by atoms with Gasteiger partial charge in [-0.15, -0.1) is 0 Å². The third-order valence-corrected chi connectivity index (χ3v) is 11.4. The van der Waals surface area contributed by atoms with Gasteiger partial charge in [-0.2, -0.15) is 8.61 Å². The lowest BCUT2D eigenvalue weighted by atomic mass is 9.84. The maximum atomic E-state index is 13.4. The summed E-state index contributed by atoms with van der Waals surface area (Å²) in [4.78, 5) is 30.9. The predicted molar refractivity (Wildman–Crippen MR) is 141 cm³/mol. The highest BCUT2D eigenvalue weighted by atomic mass is 32.2. The Morgan fingerprint density at radius 3 is 1.32 bits per heavy atom. The van der Waals surface area contributed by atoms with Crippen LogP contribution in [0.3, 0.4) is 0 Å². The van der Waals surface area contributed by atoms with E-state index in [-0.39, 0.29) is 32.0 Å². The molecule has 5 rings (SSSR count). The molecule has 204 valence electrons. The highest BCUT2D eigenvalue weighted by Gasteiger charge is 2.35. The van der Waals surface area contributed by atoms with E-state index in [9.17, 15) is 26.4 Å². The molecular weight excluding hydrogens is 528 g/mol. The van der Waals surface area contributed by atoms with Gasteiger partial charge < -0.3 is 9.80 Å². The van der Waals surface area contributed by atoms with Crippen molar-refractivity contribution in [2.45, 2.75) is 22.6 Å². The van der Waals surface area contributed by atoms with Crippen molar-refractivity contribution >= 4 is 31.6 Å². The Morgan fingerprint density at radius 1 is 0.526 bits per heavy atom. The number of fused-ring (bicyclic) bond motifs is 2. The summed E-state index contributed by atoms with van der Waals surface area (Å²) in [5.41, 5.74) is 0.175. The molecule has 2 fully saturated rings. The maximum absolute atomic E-state index is 13.4. The molecule has 2 saturated heterocycles. The lowest BCUT2D eigenvalue weighted by Crippen LogP contribution is -2.35. The van der Waals surface area contributed by atoms with Crippen LogP contribution >= 0.6 is 0 Å². The monoisotopic (exact) mass is 560 g/mol. The fourth-order valence-electron chi connectivity index (χ4n) is 5.25. The van der Waals surface area contributed by atoms with Gasteiger partial charge in [0, 0.05) is 61.5 Å². The molecular formula is C26H32N4O6S2. The summed E-state index contributed by atoms with van der Waals surface area (Å²) in [5, 5.41) is 0. The lowest BCUT2D eigenvalue weighted by molar-refractivity contribution is 0.0978. The van der Waals surface area contributed by atoms with Crippen LogP contribution in [0.15, 0.2) is 46.2 Å². The van der Waals surface area contributed by atoms with E-state index in [1.165, 1.54) is 45.0 Å². The van der Waals surface area contributed by atoms with Crippen molar-refractivity contribution in [3.05, 3.63) is 58.7 Å². The van der Waals surface area contributed by atoms with Gasteiger partial charge in [-0.3, -0.25) is 9.59 Å². The number of ketones is 2.